The summed E-state index contributed by atoms with van der Waals surface area (Å²) in [6.45, 7) is 6.40. The molecule has 0 aliphatic carbocycles. The molecule has 0 fully saturated rings. The van der Waals surface area contributed by atoms with Crippen LogP contribution in [0, 0.1) is 12.8 Å². The molecular weight excluding hydrogens is 216 g/mol. The summed E-state index contributed by atoms with van der Waals surface area (Å²) in [6, 6.07) is 5.77. The van der Waals surface area contributed by atoms with Crippen LogP contribution in [0.25, 0.3) is 10.9 Å². The van der Waals surface area contributed by atoms with Crippen molar-refractivity contribution in [1.82, 2.24) is 9.78 Å². The molecule has 4 heteroatoms. The van der Waals surface area contributed by atoms with E-state index < -0.39 is 6.09 Å². The van der Waals surface area contributed by atoms with Gasteiger partial charge in [-0.3, -0.25) is 0 Å². The van der Waals surface area contributed by atoms with E-state index >= 15 is 0 Å². The number of rotatable bonds is 2. The molecular formula is C13H16N2O2. The van der Waals surface area contributed by atoms with Crippen molar-refractivity contribution in [1.29, 1.82) is 0 Å². The van der Waals surface area contributed by atoms with Crippen LogP contribution in [0.1, 0.15) is 19.4 Å². The van der Waals surface area contributed by atoms with Crippen LogP contribution in [0.2, 0.25) is 0 Å². The second-order valence-electron chi connectivity index (χ2n) is 4.53. The van der Waals surface area contributed by atoms with E-state index in [1.165, 1.54) is 4.68 Å². The molecule has 1 aromatic heterocycles. The number of nitrogens with zero attached hydrogens (tertiary/aromatic N) is 2. The van der Waals surface area contributed by atoms with Crippen molar-refractivity contribution >= 4 is 17.0 Å². The fourth-order valence-electron chi connectivity index (χ4n) is 1.64. The molecule has 0 saturated carbocycles. The van der Waals surface area contributed by atoms with Crippen molar-refractivity contribution in [2.75, 3.05) is 6.61 Å². The van der Waals surface area contributed by atoms with Gasteiger partial charge >= 0.3 is 6.09 Å². The van der Waals surface area contributed by atoms with Gasteiger partial charge in [0.05, 0.1) is 18.3 Å². The first kappa shape index (κ1) is 11.6. The molecule has 0 bridgehead atoms. The van der Waals surface area contributed by atoms with E-state index in [9.17, 15) is 4.79 Å². The van der Waals surface area contributed by atoms with E-state index in [1.54, 1.807) is 6.20 Å². The zero-order valence-electron chi connectivity index (χ0n) is 10.3. The highest BCUT2D eigenvalue weighted by Crippen LogP contribution is 2.17. The highest BCUT2D eigenvalue weighted by molar-refractivity contribution is 5.89. The summed E-state index contributed by atoms with van der Waals surface area (Å²) in [5.41, 5.74) is 1.89. The molecule has 0 saturated heterocycles. The van der Waals surface area contributed by atoms with E-state index in [0.29, 0.717) is 12.5 Å². The smallest absolute Gasteiger partial charge is 0.435 e. The Morgan fingerprint density at radius 2 is 2.24 bits per heavy atom. The molecule has 2 aromatic rings. The van der Waals surface area contributed by atoms with Gasteiger partial charge in [0.1, 0.15) is 0 Å². The Kier molecular flexibility index (Phi) is 3.13. The van der Waals surface area contributed by atoms with Crippen LogP contribution < -0.4 is 0 Å². The molecule has 1 heterocycles. The molecule has 2 rings (SSSR count). The number of hydrogen-bond donors (Lipinski definition) is 0. The third-order valence-electron chi connectivity index (χ3n) is 2.54. The summed E-state index contributed by atoms with van der Waals surface area (Å²) in [4.78, 5) is 11.8. The quantitative estimate of drug-likeness (QED) is 0.799. The Labute approximate surface area is 100 Å². The number of carbonyl (C=O) groups is 1. The number of carbonyl (C=O) groups excluding carboxylic acids is 1. The van der Waals surface area contributed by atoms with Crippen LogP contribution in [0.5, 0.6) is 0 Å². The summed E-state index contributed by atoms with van der Waals surface area (Å²) in [7, 11) is 0. The van der Waals surface area contributed by atoms with Gasteiger partial charge in [-0.05, 0) is 24.5 Å². The van der Waals surface area contributed by atoms with Crippen molar-refractivity contribution in [3.63, 3.8) is 0 Å². The van der Waals surface area contributed by atoms with Crippen molar-refractivity contribution in [3.8, 4) is 0 Å². The fourth-order valence-corrected chi connectivity index (χ4v) is 1.64. The first-order valence-electron chi connectivity index (χ1n) is 5.70. The van der Waals surface area contributed by atoms with Crippen molar-refractivity contribution in [2.45, 2.75) is 20.8 Å². The molecule has 0 N–H and O–H groups in total. The minimum Gasteiger partial charge on any atom is -0.448 e. The van der Waals surface area contributed by atoms with Crippen LogP contribution in [0.4, 0.5) is 4.79 Å². The molecule has 4 nitrogen and oxygen atoms in total. The van der Waals surface area contributed by atoms with Gasteiger partial charge in [0.15, 0.2) is 0 Å². The zero-order valence-corrected chi connectivity index (χ0v) is 10.3. The Bertz CT molecular complexity index is 543. The van der Waals surface area contributed by atoms with Gasteiger partial charge in [0.25, 0.3) is 0 Å². The lowest BCUT2D eigenvalue weighted by Crippen LogP contribution is -2.17. The maximum atomic E-state index is 11.8. The van der Waals surface area contributed by atoms with Gasteiger partial charge in [-0.2, -0.15) is 9.78 Å². The van der Waals surface area contributed by atoms with E-state index in [1.807, 2.05) is 39.0 Å². The topological polar surface area (TPSA) is 44.1 Å². The van der Waals surface area contributed by atoms with Crippen molar-refractivity contribution in [3.05, 3.63) is 30.0 Å². The second kappa shape index (κ2) is 4.57. The Morgan fingerprint density at radius 3 is 2.94 bits per heavy atom. The van der Waals surface area contributed by atoms with Gasteiger partial charge in [-0.25, -0.2) is 4.79 Å². The molecule has 90 valence electrons. The van der Waals surface area contributed by atoms with E-state index in [4.69, 9.17) is 4.74 Å². The first-order valence-corrected chi connectivity index (χ1v) is 5.70. The Morgan fingerprint density at radius 1 is 1.47 bits per heavy atom. The van der Waals surface area contributed by atoms with E-state index in [2.05, 4.69) is 5.10 Å². The number of ether oxygens (including phenoxy) is 1. The van der Waals surface area contributed by atoms with Crippen LogP contribution >= 0.6 is 0 Å². The predicted octanol–water partition coefficient (Wildman–Crippen LogP) is 2.99. The SMILES string of the molecule is Cc1cccc2c1cnn2C(=O)OCC(C)C. The minimum absolute atomic E-state index is 0.322. The third kappa shape index (κ3) is 2.30. The van der Waals surface area contributed by atoms with Crippen LogP contribution in [0.15, 0.2) is 24.4 Å². The molecule has 0 atom stereocenters. The summed E-state index contributed by atoms with van der Waals surface area (Å²) < 4.78 is 6.47. The lowest BCUT2D eigenvalue weighted by Gasteiger charge is -2.07. The molecule has 0 radical (unpaired) electrons. The molecule has 0 aliphatic rings. The van der Waals surface area contributed by atoms with E-state index in [-0.39, 0.29) is 0 Å². The lowest BCUT2D eigenvalue weighted by molar-refractivity contribution is 0.132. The van der Waals surface area contributed by atoms with Gasteiger partial charge in [-0.1, -0.05) is 26.0 Å². The first-order chi connectivity index (χ1) is 8.09. The molecule has 1 aromatic carbocycles. The summed E-state index contributed by atoms with van der Waals surface area (Å²) in [6.07, 6.45) is 1.28. The summed E-state index contributed by atoms with van der Waals surface area (Å²) in [5.74, 6) is 0.322. The van der Waals surface area contributed by atoms with Gasteiger partial charge in [0, 0.05) is 5.39 Å². The van der Waals surface area contributed by atoms with Crippen molar-refractivity contribution < 1.29 is 9.53 Å². The summed E-state index contributed by atoms with van der Waals surface area (Å²) >= 11 is 0. The van der Waals surface area contributed by atoms with Crippen LogP contribution in [-0.2, 0) is 4.74 Å². The maximum Gasteiger partial charge on any atom is 0.435 e. The highest BCUT2D eigenvalue weighted by atomic mass is 16.6. The number of aromatic nitrogens is 2. The largest absolute Gasteiger partial charge is 0.448 e. The van der Waals surface area contributed by atoms with Crippen molar-refractivity contribution in [2.24, 2.45) is 5.92 Å². The maximum absolute atomic E-state index is 11.8. The average Bonchev–Trinajstić information content (AvgIpc) is 2.71. The highest BCUT2D eigenvalue weighted by Gasteiger charge is 2.12. The monoisotopic (exact) mass is 232 g/mol. The molecule has 0 amide bonds. The zero-order chi connectivity index (χ0) is 12.4. The van der Waals surface area contributed by atoms with Gasteiger partial charge in [0.2, 0.25) is 0 Å². The fraction of sp³-hybridized carbons (Fsp3) is 0.385. The van der Waals surface area contributed by atoms with Gasteiger partial charge in [-0.15, -0.1) is 0 Å². The average molecular weight is 232 g/mol. The second-order valence-corrected chi connectivity index (χ2v) is 4.53. The van der Waals surface area contributed by atoms with E-state index in [0.717, 1.165) is 16.5 Å². The Hall–Kier alpha value is -1.84. The summed E-state index contributed by atoms with van der Waals surface area (Å²) in [5, 5.41) is 5.06. The Balaban J connectivity index is 2.30. The predicted molar refractivity (Wildman–Crippen MR) is 66.1 cm³/mol. The molecule has 17 heavy (non-hydrogen) atoms. The lowest BCUT2D eigenvalue weighted by atomic mass is 10.1. The normalized spacial score (nSPS) is 11.1. The van der Waals surface area contributed by atoms with Gasteiger partial charge < -0.3 is 4.74 Å². The van der Waals surface area contributed by atoms with Crippen LogP contribution in [0.3, 0.4) is 0 Å². The number of aryl methyl sites for hydroxylation is 1. The molecule has 0 spiro atoms. The number of hydrogen-bond acceptors (Lipinski definition) is 3. The number of benzene rings is 1. The van der Waals surface area contributed by atoms with Crippen LogP contribution in [-0.4, -0.2) is 22.5 Å². The molecule has 0 unspecified atom stereocenters. The standard InChI is InChI=1S/C13H16N2O2/c1-9(2)8-17-13(16)15-12-6-4-5-10(3)11(12)7-14-15/h4-7,9H,8H2,1-3H3. The third-order valence-corrected chi connectivity index (χ3v) is 2.54. The number of fused-ring (bicyclic) bond motifs is 1. The minimum atomic E-state index is -0.417. The molecule has 0 aliphatic heterocycles.